The molecule has 1 aromatic heterocycles. The monoisotopic (exact) mass is 372 g/mol. The molecule has 5 rings (SSSR count). The highest BCUT2D eigenvalue weighted by molar-refractivity contribution is 6.11. The Morgan fingerprint density at radius 1 is 0.857 bits per heavy atom. The van der Waals surface area contributed by atoms with Gasteiger partial charge in [0.2, 0.25) is 5.78 Å². The van der Waals surface area contributed by atoms with Gasteiger partial charge in [0.15, 0.2) is 0 Å². The molecule has 1 N–H and O–H groups in total. The maximum atomic E-state index is 13.0. The van der Waals surface area contributed by atoms with Crippen molar-refractivity contribution in [3.05, 3.63) is 69.3 Å². The van der Waals surface area contributed by atoms with Crippen molar-refractivity contribution in [3.8, 4) is 0 Å². The quantitative estimate of drug-likeness (QED) is 0.804. The Kier molecular flexibility index (Phi) is 4.44. The van der Waals surface area contributed by atoms with Gasteiger partial charge in [-0.15, -0.1) is 0 Å². The van der Waals surface area contributed by atoms with E-state index < -0.39 is 6.10 Å². The Morgan fingerprint density at radius 2 is 1.43 bits per heavy atom. The number of aromatic nitrogens is 2. The molecule has 4 heteroatoms. The van der Waals surface area contributed by atoms with E-state index in [-0.39, 0.29) is 5.78 Å². The molecule has 2 fully saturated rings. The SMILES string of the molecule is O=C1c2ccccc2[C@H](O)c2nc(C=C3CCCC3)c(C=C3CCCC3)nc21. The van der Waals surface area contributed by atoms with Gasteiger partial charge < -0.3 is 5.11 Å². The molecule has 0 unspecified atom stereocenters. The van der Waals surface area contributed by atoms with Gasteiger partial charge in [-0.3, -0.25) is 4.79 Å². The predicted molar refractivity (Wildman–Crippen MR) is 109 cm³/mol. The molecule has 28 heavy (non-hydrogen) atoms. The Labute approximate surface area is 165 Å². The highest BCUT2D eigenvalue weighted by Gasteiger charge is 2.33. The molecule has 0 radical (unpaired) electrons. The van der Waals surface area contributed by atoms with Gasteiger partial charge in [-0.05, 0) is 69.1 Å². The van der Waals surface area contributed by atoms with E-state index in [0.717, 1.165) is 37.1 Å². The van der Waals surface area contributed by atoms with Gasteiger partial charge in [0.25, 0.3) is 0 Å². The van der Waals surface area contributed by atoms with E-state index in [1.807, 2.05) is 12.1 Å². The normalized spacial score (nSPS) is 20.9. The highest BCUT2D eigenvalue weighted by Crippen LogP contribution is 2.35. The van der Waals surface area contributed by atoms with E-state index in [4.69, 9.17) is 9.97 Å². The Hall–Kier alpha value is -2.59. The fourth-order valence-electron chi connectivity index (χ4n) is 4.60. The van der Waals surface area contributed by atoms with Crippen LogP contribution in [0.2, 0.25) is 0 Å². The molecule has 0 aliphatic heterocycles. The van der Waals surface area contributed by atoms with Crippen molar-refractivity contribution in [3.63, 3.8) is 0 Å². The summed E-state index contributed by atoms with van der Waals surface area (Å²) in [5.41, 5.74) is 6.17. The number of carbonyl (C=O) groups excluding carboxylic acids is 1. The molecule has 3 aliphatic carbocycles. The van der Waals surface area contributed by atoms with Crippen LogP contribution in [0.3, 0.4) is 0 Å². The molecule has 1 heterocycles. The maximum absolute atomic E-state index is 13.0. The van der Waals surface area contributed by atoms with Crippen LogP contribution < -0.4 is 0 Å². The molecule has 1 atom stereocenters. The summed E-state index contributed by atoms with van der Waals surface area (Å²) in [6.07, 6.45) is 12.6. The summed E-state index contributed by atoms with van der Waals surface area (Å²) in [4.78, 5) is 22.6. The van der Waals surface area contributed by atoms with Crippen LogP contribution in [0.25, 0.3) is 12.2 Å². The summed E-state index contributed by atoms with van der Waals surface area (Å²) in [6.45, 7) is 0. The summed E-state index contributed by atoms with van der Waals surface area (Å²) in [5.74, 6) is -0.144. The summed E-state index contributed by atoms with van der Waals surface area (Å²) < 4.78 is 0. The lowest BCUT2D eigenvalue weighted by Crippen LogP contribution is -2.23. The number of aliphatic hydroxyl groups excluding tert-OH is 1. The Bertz CT molecular complexity index is 1000. The number of fused-ring (bicyclic) bond motifs is 2. The van der Waals surface area contributed by atoms with Gasteiger partial charge in [-0.2, -0.15) is 0 Å². The molecule has 2 saturated carbocycles. The third-order valence-corrected chi connectivity index (χ3v) is 6.13. The van der Waals surface area contributed by atoms with Crippen LogP contribution in [0.4, 0.5) is 0 Å². The minimum atomic E-state index is -0.912. The highest BCUT2D eigenvalue weighted by atomic mass is 16.3. The van der Waals surface area contributed by atoms with Gasteiger partial charge in [-0.1, -0.05) is 35.4 Å². The van der Waals surface area contributed by atoms with Gasteiger partial charge in [0.1, 0.15) is 17.5 Å². The zero-order valence-electron chi connectivity index (χ0n) is 15.9. The molecule has 4 nitrogen and oxygen atoms in total. The average molecular weight is 372 g/mol. The van der Waals surface area contributed by atoms with E-state index >= 15 is 0 Å². The number of aliphatic hydroxyl groups is 1. The fourth-order valence-corrected chi connectivity index (χ4v) is 4.60. The first-order valence-corrected chi connectivity index (χ1v) is 10.3. The number of hydrogen-bond donors (Lipinski definition) is 1. The van der Waals surface area contributed by atoms with Crippen molar-refractivity contribution in [2.45, 2.75) is 57.5 Å². The van der Waals surface area contributed by atoms with Gasteiger partial charge in [0.05, 0.1) is 11.4 Å². The summed E-state index contributed by atoms with van der Waals surface area (Å²) in [6, 6.07) is 7.22. The first kappa shape index (κ1) is 17.5. The topological polar surface area (TPSA) is 63.1 Å². The fraction of sp³-hybridized carbons (Fsp3) is 0.375. The zero-order valence-corrected chi connectivity index (χ0v) is 15.9. The molecule has 0 amide bonds. The molecule has 0 spiro atoms. The molecular weight excluding hydrogens is 348 g/mol. The number of rotatable bonds is 2. The minimum Gasteiger partial charge on any atom is -0.382 e. The largest absolute Gasteiger partial charge is 0.382 e. The van der Waals surface area contributed by atoms with E-state index in [0.29, 0.717) is 22.5 Å². The summed E-state index contributed by atoms with van der Waals surface area (Å²) in [7, 11) is 0. The molecule has 2 aromatic rings. The van der Waals surface area contributed by atoms with Crippen molar-refractivity contribution < 1.29 is 9.90 Å². The van der Waals surface area contributed by atoms with E-state index in [2.05, 4.69) is 12.2 Å². The second-order valence-corrected chi connectivity index (χ2v) is 8.07. The average Bonchev–Trinajstić information content (AvgIpc) is 3.41. The van der Waals surface area contributed by atoms with Crippen LogP contribution in [0.15, 0.2) is 35.4 Å². The molecule has 3 aliphatic rings. The van der Waals surface area contributed by atoms with Crippen LogP contribution in [-0.4, -0.2) is 20.9 Å². The molecular formula is C24H24N2O2. The molecule has 1 aromatic carbocycles. The first-order valence-electron chi connectivity index (χ1n) is 10.3. The zero-order chi connectivity index (χ0) is 19.1. The van der Waals surface area contributed by atoms with Crippen LogP contribution in [-0.2, 0) is 0 Å². The lowest BCUT2D eigenvalue weighted by Gasteiger charge is -2.23. The van der Waals surface area contributed by atoms with Crippen molar-refractivity contribution in [1.82, 2.24) is 9.97 Å². The van der Waals surface area contributed by atoms with E-state index in [1.54, 1.807) is 12.1 Å². The second kappa shape index (κ2) is 7.10. The summed E-state index contributed by atoms with van der Waals surface area (Å²) in [5, 5.41) is 10.9. The van der Waals surface area contributed by atoms with Crippen LogP contribution >= 0.6 is 0 Å². The van der Waals surface area contributed by atoms with Gasteiger partial charge in [-0.25, -0.2) is 9.97 Å². The number of hydrogen-bond acceptors (Lipinski definition) is 4. The summed E-state index contributed by atoms with van der Waals surface area (Å²) >= 11 is 0. The standard InChI is InChI=1S/C24H24N2O2/c27-23-17-11-5-6-12-18(17)24(28)22-21(23)25-19(13-15-7-1-2-8-15)20(26-22)14-16-9-3-4-10-16/h5-6,11-14,23,27H,1-4,7-10H2/t23-/m0/s1. The molecule has 0 bridgehead atoms. The number of nitrogens with zero attached hydrogens (tertiary/aromatic N) is 2. The number of ketones is 1. The van der Waals surface area contributed by atoms with Gasteiger partial charge >= 0.3 is 0 Å². The third-order valence-electron chi connectivity index (χ3n) is 6.13. The van der Waals surface area contributed by atoms with Crippen LogP contribution in [0.5, 0.6) is 0 Å². The van der Waals surface area contributed by atoms with Crippen molar-refractivity contribution in [2.24, 2.45) is 0 Å². The van der Waals surface area contributed by atoms with Crippen molar-refractivity contribution >= 4 is 17.9 Å². The number of allylic oxidation sites excluding steroid dienone is 2. The molecule has 142 valence electrons. The minimum absolute atomic E-state index is 0.144. The first-order chi connectivity index (χ1) is 13.7. The Morgan fingerprint density at radius 3 is 2.07 bits per heavy atom. The Balaban J connectivity index is 1.67. The predicted octanol–water partition coefficient (Wildman–Crippen LogP) is 5.02. The smallest absolute Gasteiger partial charge is 0.213 e. The van der Waals surface area contributed by atoms with Crippen molar-refractivity contribution in [2.75, 3.05) is 0 Å². The van der Waals surface area contributed by atoms with Crippen LogP contribution in [0, 0.1) is 0 Å². The number of benzene rings is 1. The van der Waals surface area contributed by atoms with Gasteiger partial charge in [0, 0.05) is 5.56 Å². The lowest BCUT2D eigenvalue weighted by atomic mass is 9.88. The maximum Gasteiger partial charge on any atom is 0.213 e. The number of carbonyl (C=O) groups is 1. The molecule has 0 saturated heterocycles. The van der Waals surface area contributed by atoms with E-state index in [9.17, 15) is 9.90 Å². The second-order valence-electron chi connectivity index (χ2n) is 8.07. The van der Waals surface area contributed by atoms with E-state index in [1.165, 1.54) is 36.8 Å². The third kappa shape index (κ3) is 3.02. The van der Waals surface area contributed by atoms with Crippen LogP contribution in [0.1, 0.15) is 96.2 Å². The van der Waals surface area contributed by atoms with Crippen molar-refractivity contribution in [1.29, 1.82) is 0 Å². The lowest BCUT2D eigenvalue weighted by molar-refractivity contribution is 0.101.